The lowest BCUT2D eigenvalue weighted by Crippen LogP contribution is -2.02. The highest BCUT2D eigenvalue weighted by atomic mass is 16.5. The zero-order chi connectivity index (χ0) is 21.8. The summed E-state index contributed by atoms with van der Waals surface area (Å²) in [6.07, 6.45) is 2.09. The minimum Gasteiger partial charge on any atom is -0.489 e. The van der Waals surface area contributed by atoms with Crippen LogP contribution in [0.25, 0.3) is 16.6 Å². The number of rotatable bonds is 7. The summed E-state index contributed by atoms with van der Waals surface area (Å²) in [5, 5.41) is 1.13. The van der Waals surface area contributed by atoms with Crippen LogP contribution in [-0.2, 0) is 13.2 Å². The molecule has 0 radical (unpaired) electrons. The van der Waals surface area contributed by atoms with Gasteiger partial charge in [0.2, 0.25) is 0 Å². The number of para-hydroxylation sites is 1. The van der Waals surface area contributed by atoms with Gasteiger partial charge < -0.3 is 14.0 Å². The number of ether oxygens (including phenoxy) is 2. The maximum atomic E-state index is 6.29. The van der Waals surface area contributed by atoms with Gasteiger partial charge in [-0.25, -0.2) is 0 Å². The quantitative estimate of drug-likeness (QED) is 0.281. The second-order valence-electron chi connectivity index (χ2n) is 7.88. The van der Waals surface area contributed by atoms with Crippen molar-refractivity contribution in [1.82, 2.24) is 4.57 Å². The topological polar surface area (TPSA) is 23.4 Å². The molecule has 0 unspecified atom stereocenters. The van der Waals surface area contributed by atoms with Gasteiger partial charge in [0.15, 0.2) is 0 Å². The van der Waals surface area contributed by atoms with Gasteiger partial charge in [-0.05, 0) is 53.9 Å². The fraction of sp³-hybridized carbons (Fsp3) is 0.103. The Hall–Kier alpha value is -3.98. The number of benzene rings is 4. The molecule has 0 spiro atoms. The predicted molar refractivity (Wildman–Crippen MR) is 130 cm³/mol. The number of aryl methyl sites for hydroxylation is 1. The lowest BCUT2D eigenvalue weighted by Gasteiger charge is -2.16. The molecule has 0 aliphatic heterocycles. The van der Waals surface area contributed by atoms with Gasteiger partial charge in [-0.1, -0.05) is 72.8 Å². The van der Waals surface area contributed by atoms with Crippen LogP contribution in [0, 0.1) is 6.92 Å². The molecule has 5 aromatic rings. The van der Waals surface area contributed by atoms with E-state index in [-0.39, 0.29) is 0 Å². The van der Waals surface area contributed by atoms with Crippen molar-refractivity contribution in [3.05, 3.63) is 126 Å². The first-order chi connectivity index (χ1) is 15.8. The Morgan fingerprint density at radius 1 is 0.656 bits per heavy atom. The van der Waals surface area contributed by atoms with Crippen molar-refractivity contribution < 1.29 is 9.47 Å². The van der Waals surface area contributed by atoms with E-state index in [2.05, 4.69) is 78.4 Å². The molecular formula is C29H25NO2. The van der Waals surface area contributed by atoms with Crippen molar-refractivity contribution in [3.63, 3.8) is 0 Å². The molecular weight excluding hydrogens is 394 g/mol. The molecule has 158 valence electrons. The van der Waals surface area contributed by atoms with Crippen molar-refractivity contribution in [3.8, 4) is 17.2 Å². The number of hydrogen-bond acceptors (Lipinski definition) is 2. The van der Waals surface area contributed by atoms with Gasteiger partial charge in [0.1, 0.15) is 24.7 Å². The lowest BCUT2D eigenvalue weighted by atomic mass is 10.1. The van der Waals surface area contributed by atoms with Gasteiger partial charge in [-0.15, -0.1) is 0 Å². The van der Waals surface area contributed by atoms with E-state index >= 15 is 0 Å². The number of nitrogens with zero attached hydrogens (tertiary/aromatic N) is 1. The molecule has 0 saturated heterocycles. The summed E-state index contributed by atoms with van der Waals surface area (Å²) in [4.78, 5) is 0. The van der Waals surface area contributed by atoms with Gasteiger partial charge in [0.25, 0.3) is 0 Å². The van der Waals surface area contributed by atoms with Crippen molar-refractivity contribution >= 4 is 10.9 Å². The molecule has 3 heteroatoms. The molecule has 3 nitrogen and oxygen atoms in total. The maximum absolute atomic E-state index is 6.29. The van der Waals surface area contributed by atoms with Crippen molar-refractivity contribution in [1.29, 1.82) is 0 Å². The SMILES string of the molecule is Cc1cccc(-n2ccc3cc(OCc4ccccc4)ccc32)c1OCc1ccccc1. The van der Waals surface area contributed by atoms with Gasteiger partial charge in [0, 0.05) is 11.6 Å². The molecule has 1 aromatic heterocycles. The van der Waals surface area contributed by atoms with E-state index in [0.29, 0.717) is 13.2 Å². The van der Waals surface area contributed by atoms with Crippen LogP contribution < -0.4 is 9.47 Å². The molecule has 1 heterocycles. The summed E-state index contributed by atoms with van der Waals surface area (Å²) in [5.74, 6) is 1.77. The van der Waals surface area contributed by atoms with E-state index in [0.717, 1.165) is 44.8 Å². The van der Waals surface area contributed by atoms with Crippen LogP contribution in [0.15, 0.2) is 109 Å². The Kier molecular flexibility index (Phi) is 5.63. The minimum atomic E-state index is 0.537. The third-order valence-electron chi connectivity index (χ3n) is 5.59. The summed E-state index contributed by atoms with van der Waals surface area (Å²) in [6, 6.07) is 35.1. The van der Waals surface area contributed by atoms with Crippen LogP contribution in [-0.4, -0.2) is 4.57 Å². The monoisotopic (exact) mass is 419 g/mol. The Labute approximate surface area is 188 Å². The van der Waals surface area contributed by atoms with Gasteiger partial charge >= 0.3 is 0 Å². The largest absolute Gasteiger partial charge is 0.489 e. The molecule has 0 aliphatic carbocycles. The van der Waals surface area contributed by atoms with Crippen LogP contribution in [0.1, 0.15) is 16.7 Å². The second-order valence-corrected chi connectivity index (χ2v) is 7.88. The second kappa shape index (κ2) is 9.03. The number of fused-ring (bicyclic) bond motifs is 1. The van der Waals surface area contributed by atoms with Crippen LogP contribution in [0.2, 0.25) is 0 Å². The highest BCUT2D eigenvalue weighted by Crippen LogP contribution is 2.32. The smallest absolute Gasteiger partial charge is 0.146 e. The average molecular weight is 420 g/mol. The first-order valence-corrected chi connectivity index (χ1v) is 10.8. The highest BCUT2D eigenvalue weighted by molar-refractivity contribution is 5.84. The Morgan fingerprint density at radius 3 is 2.06 bits per heavy atom. The van der Waals surface area contributed by atoms with E-state index in [1.165, 1.54) is 0 Å². The van der Waals surface area contributed by atoms with E-state index < -0.39 is 0 Å². The maximum Gasteiger partial charge on any atom is 0.146 e. The summed E-state index contributed by atoms with van der Waals surface area (Å²) < 4.78 is 14.5. The van der Waals surface area contributed by atoms with Crippen LogP contribution in [0.5, 0.6) is 11.5 Å². The minimum absolute atomic E-state index is 0.537. The summed E-state index contributed by atoms with van der Waals surface area (Å²) in [7, 11) is 0. The highest BCUT2D eigenvalue weighted by Gasteiger charge is 2.12. The molecule has 32 heavy (non-hydrogen) atoms. The fourth-order valence-electron chi connectivity index (χ4n) is 3.91. The number of aromatic nitrogens is 1. The standard InChI is InChI=1S/C29H25NO2/c1-22-9-8-14-28(29(22)32-21-24-12-6-3-7-13-24)30-18-17-25-19-26(15-16-27(25)30)31-20-23-10-4-2-5-11-23/h2-19H,20-21H2,1H3. The van der Waals surface area contributed by atoms with Crippen molar-refractivity contribution in [2.24, 2.45) is 0 Å². The van der Waals surface area contributed by atoms with E-state index in [4.69, 9.17) is 9.47 Å². The fourth-order valence-corrected chi connectivity index (χ4v) is 3.91. The first kappa shape index (κ1) is 20.0. The van der Waals surface area contributed by atoms with E-state index in [1.807, 2.05) is 42.5 Å². The molecule has 0 fully saturated rings. The summed E-state index contributed by atoms with van der Waals surface area (Å²) >= 11 is 0. The number of hydrogen-bond donors (Lipinski definition) is 0. The Bertz CT molecular complexity index is 1320. The van der Waals surface area contributed by atoms with E-state index in [1.54, 1.807) is 0 Å². The van der Waals surface area contributed by atoms with E-state index in [9.17, 15) is 0 Å². The zero-order valence-electron chi connectivity index (χ0n) is 18.1. The zero-order valence-corrected chi connectivity index (χ0v) is 18.1. The van der Waals surface area contributed by atoms with Crippen LogP contribution >= 0.6 is 0 Å². The van der Waals surface area contributed by atoms with Crippen LogP contribution in [0.3, 0.4) is 0 Å². The molecule has 0 saturated carbocycles. The molecule has 4 aromatic carbocycles. The Morgan fingerprint density at radius 2 is 1.34 bits per heavy atom. The normalized spacial score (nSPS) is 10.9. The van der Waals surface area contributed by atoms with Gasteiger partial charge in [0.05, 0.1) is 11.2 Å². The predicted octanol–water partition coefficient (Wildman–Crippen LogP) is 7.10. The molecule has 0 atom stereocenters. The molecule has 0 N–H and O–H groups in total. The molecule has 0 amide bonds. The summed E-state index contributed by atoms with van der Waals surface area (Å²) in [6.45, 7) is 3.18. The lowest BCUT2D eigenvalue weighted by molar-refractivity contribution is 0.303. The van der Waals surface area contributed by atoms with Gasteiger partial charge in [-0.3, -0.25) is 0 Å². The van der Waals surface area contributed by atoms with Gasteiger partial charge in [-0.2, -0.15) is 0 Å². The van der Waals surface area contributed by atoms with Crippen molar-refractivity contribution in [2.75, 3.05) is 0 Å². The third kappa shape index (κ3) is 4.23. The first-order valence-electron chi connectivity index (χ1n) is 10.8. The summed E-state index contributed by atoms with van der Waals surface area (Å²) in [5.41, 5.74) is 5.58. The van der Waals surface area contributed by atoms with Crippen molar-refractivity contribution in [2.45, 2.75) is 20.1 Å². The van der Waals surface area contributed by atoms with Crippen LogP contribution in [0.4, 0.5) is 0 Å². The molecule has 5 rings (SSSR count). The Balaban J connectivity index is 1.41. The molecule has 0 aliphatic rings. The molecule has 0 bridgehead atoms. The average Bonchev–Trinajstić information content (AvgIpc) is 3.26. The third-order valence-corrected chi connectivity index (χ3v) is 5.59.